The Hall–Kier alpha value is -0.0800. The molecule has 1 aliphatic rings. The van der Waals surface area contributed by atoms with Gasteiger partial charge in [-0.15, -0.1) is 0 Å². The molecule has 0 aromatic carbocycles. The van der Waals surface area contributed by atoms with Crippen molar-refractivity contribution in [2.45, 2.75) is 39.0 Å². The molecule has 0 saturated carbocycles. The maximum atomic E-state index is 9.29. The molecule has 1 N–H and O–H groups in total. The van der Waals surface area contributed by atoms with Crippen LogP contribution in [0.2, 0.25) is 0 Å². The Morgan fingerprint density at radius 1 is 1.56 bits per heavy atom. The molecule has 1 fully saturated rings. The molecule has 9 heavy (non-hydrogen) atoms. The zero-order valence-corrected chi connectivity index (χ0v) is 6.17. The zero-order chi connectivity index (χ0) is 6.85. The highest BCUT2D eigenvalue weighted by molar-refractivity contribution is 4.72. The lowest BCUT2D eigenvalue weighted by molar-refractivity contribution is 0.0182. The largest absolute Gasteiger partial charge is 0.378 e. The van der Waals surface area contributed by atoms with Crippen molar-refractivity contribution in [1.29, 1.82) is 0 Å². The number of rotatable bonds is 1. The van der Waals surface area contributed by atoms with E-state index in [0.29, 0.717) is 6.04 Å². The lowest BCUT2D eigenvalue weighted by Gasteiger charge is -2.23. The summed E-state index contributed by atoms with van der Waals surface area (Å²) in [5.74, 6) is 0. The molecule has 0 spiro atoms. The van der Waals surface area contributed by atoms with Crippen LogP contribution in [0.3, 0.4) is 0 Å². The van der Waals surface area contributed by atoms with Crippen LogP contribution in [0, 0.1) is 0 Å². The van der Waals surface area contributed by atoms with Gasteiger partial charge in [-0.25, -0.2) is 0 Å². The van der Waals surface area contributed by atoms with Gasteiger partial charge in [0.05, 0.1) is 0 Å². The summed E-state index contributed by atoms with van der Waals surface area (Å²) in [6.45, 7) is 5.31. The monoisotopic (exact) mass is 129 g/mol. The molecule has 0 radical (unpaired) electrons. The first-order chi connectivity index (χ1) is 4.22. The third kappa shape index (κ3) is 1.43. The molecule has 0 aromatic heterocycles. The van der Waals surface area contributed by atoms with Crippen LogP contribution in [-0.4, -0.2) is 28.8 Å². The van der Waals surface area contributed by atoms with Gasteiger partial charge in [-0.2, -0.15) is 0 Å². The molecule has 0 amide bonds. The van der Waals surface area contributed by atoms with E-state index in [4.69, 9.17) is 0 Å². The van der Waals surface area contributed by atoms with Gasteiger partial charge in [-0.3, -0.25) is 4.90 Å². The molecule has 0 aromatic rings. The topological polar surface area (TPSA) is 23.5 Å². The number of hydrogen-bond acceptors (Lipinski definition) is 2. The molecular formula is C7H15NO. The first kappa shape index (κ1) is 7.03. The highest BCUT2D eigenvalue weighted by atomic mass is 16.3. The molecule has 1 saturated heterocycles. The molecule has 2 nitrogen and oxygen atoms in total. The fourth-order valence-electron chi connectivity index (χ4n) is 1.37. The van der Waals surface area contributed by atoms with Gasteiger partial charge in [0, 0.05) is 12.6 Å². The average molecular weight is 129 g/mol. The van der Waals surface area contributed by atoms with Crippen molar-refractivity contribution in [2.24, 2.45) is 0 Å². The van der Waals surface area contributed by atoms with Gasteiger partial charge in [-0.05, 0) is 26.7 Å². The molecule has 0 unspecified atom stereocenters. The van der Waals surface area contributed by atoms with E-state index < -0.39 is 0 Å². The zero-order valence-electron chi connectivity index (χ0n) is 6.17. The van der Waals surface area contributed by atoms with E-state index in [1.54, 1.807) is 0 Å². The quantitative estimate of drug-likeness (QED) is 0.566. The van der Waals surface area contributed by atoms with Crippen LogP contribution < -0.4 is 0 Å². The summed E-state index contributed by atoms with van der Waals surface area (Å²) in [6, 6.07) is 0.502. The molecule has 0 bridgehead atoms. The number of aliphatic hydroxyl groups is 1. The van der Waals surface area contributed by atoms with Crippen molar-refractivity contribution >= 4 is 0 Å². The predicted molar refractivity (Wildman–Crippen MR) is 37.1 cm³/mol. The lowest BCUT2D eigenvalue weighted by Crippen LogP contribution is -2.34. The van der Waals surface area contributed by atoms with Crippen LogP contribution in [0.5, 0.6) is 0 Å². The van der Waals surface area contributed by atoms with Crippen molar-refractivity contribution < 1.29 is 5.11 Å². The summed E-state index contributed by atoms with van der Waals surface area (Å²) in [7, 11) is 0. The number of hydrogen-bond donors (Lipinski definition) is 1. The Kier molecular flexibility index (Phi) is 2.09. The Labute approximate surface area is 56.5 Å². The fraction of sp³-hybridized carbons (Fsp3) is 1.00. The normalized spacial score (nSPS) is 30.0. The standard InChI is InChI=1S/C7H15NO/c1-6(2)8-5-3-4-7(8)9/h6-7,9H,3-5H2,1-2H3/t7-/m1/s1. The highest BCUT2D eigenvalue weighted by Crippen LogP contribution is 2.16. The van der Waals surface area contributed by atoms with Gasteiger partial charge in [0.15, 0.2) is 0 Å². The van der Waals surface area contributed by atoms with Crippen LogP contribution in [0.1, 0.15) is 26.7 Å². The minimum atomic E-state index is -0.162. The second-order valence-electron chi connectivity index (χ2n) is 2.95. The van der Waals surface area contributed by atoms with E-state index in [1.165, 1.54) is 0 Å². The van der Waals surface area contributed by atoms with Crippen molar-refractivity contribution in [2.75, 3.05) is 6.54 Å². The van der Waals surface area contributed by atoms with Gasteiger partial charge < -0.3 is 5.11 Å². The van der Waals surface area contributed by atoms with Crippen LogP contribution in [0.25, 0.3) is 0 Å². The van der Waals surface area contributed by atoms with E-state index in [9.17, 15) is 5.11 Å². The second-order valence-corrected chi connectivity index (χ2v) is 2.95. The molecule has 1 atom stereocenters. The summed E-state index contributed by atoms with van der Waals surface area (Å²) < 4.78 is 0. The number of nitrogens with zero attached hydrogens (tertiary/aromatic N) is 1. The minimum absolute atomic E-state index is 0.162. The minimum Gasteiger partial charge on any atom is -0.378 e. The van der Waals surface area contributed by atoms with Crippen molar-refractivity contribution in [3.63, 3.8) is 0 Å². The Morgan fingerprint density at radius 3 is 2.44 bits per heavy atom. The van der Waals surface area contributed by atoms with E-state index in [-0.39, 0.29) is 6.23 Å². The molecule has 1 aliphatic heterocycles. The molecular weight excluding hydrogens is 114 g/mol. The first-order valence-electron chi connectivity index (χ1n) is 3.65. The van der Waals surface area contributed by atoms with E-state index in [2.05, 4.69) is 18.7 Å². The van der Waals surface area contributed by atoms with Gasteiger partial charge >= 0.3 is 0 Å². The van der Waals surface area contributed by atoms with Crippen molar-refractivity contribution in [3.8, 4) is 0 Å². The molecule has 1 heterocycles. The predicted octanol–water partition coefficient (Wildman–Crippen LogP) is 0.809. The number of aliphatic hydroxyl groups excluding tert-OH is 1. The molecule has 0 aliphatic carbocycles. The van der Waals surface area contributed by atoms with E-state index in [1.807, 2.05) is 0 Å². The summed E-state index contributed by atoms with van der Waals surface area (Å²) in [5.41, 5.74) is 0. The van der Waals surface area contributed by atoms with Gasteiger partial charge in [0.2, 0.25) is 0 Å². The average Bonchev–Trinajstić information content (AvgIpc) is 2.13. The summed E-state index contributed by atoms with van der Waals surface area (Å²) >= 11 is 0. The van der Waals surface area contributed by atoms with Crippen molar-refractivity contribution in [1.82, 2.24) is 4.90 Å². The molecule has 2 heteroatoms. The number of likely N-dealkylation sites (tertiary alicyclic amines) is 1. The van der Waals surface area contributed by atoms with E-state index >= 15 is 0 Å². The van der Waals surface area contributed by atoms with Crippen molar-refractivity contribution in [3.05, 3.63) is 0 Å². The highest BCUT2D eigenvalue weighted by Gasteiger charge is 2.23. The maximum absolute atomic E-state index is 9.29. The van der Waals surface area contributed by atoms with Gasteiger partial charge in [-0.1, -0.05) is 0 Å². The third-order valence-electron chi connectivity index (χ3n) is 1.92. The van der Waals surface area contributed by atoms with Gasteiger partial charge in [0.1, 0.15) is 6.23 Å². The summed E-state index contributed by atoms with van der Waals surface area (Å²) in [5, 5.41) is 9.29. The lowest BCUT2D eigenvalue weighted by atomic mass is 10.3. The molecule has 1 rings (SSSR count). The van der Waals surface area contributed by atoms with Gasteiger partial charge in [0.25, 0.3) is 0 Å². The third-order valence-corrected chi connectivity index (χ3v) is 1.92. The fourth-order valence-corrected chi connectivity index (χ4v) is 1.37. The van der Waals surface area contributed by atoms with Crippen LogP contribution in [-0.2, 0) is 0 Å². The second kappa shape index (κ2) is 2.67. The smallest absolute Gasteiger partial charge is 0.107 e. The first-order valence-corrected chi connectivity index (χ1v) is 3.65. The Morgan fingerprint density at radius 2 is 2.22 bits per heavy atom. The maximum Gasteiger partial charge on any atom is 0.107 e. The Balaban J connectivity index is 2.40. The van der Waals surface area contributed by atoms with Crippen LogP contribution in [0.4, 0.5) is 0 Å². The van der Waals surface area contributed by atoms with E-state index in [0.717, 1.165) is 19.4 Å². The molecule has 54 valence electrons. The van der Waals surface area contributed by atoms with Crippen LogP contribution in [0.15, 0.2) is 0 Å². The summed E-state index contributed by atoms with van der Waals surface area (Å²) in [6.07, 6.45) is 1.95. The SMILES string of the molecule is CC(C)N1CCC[C@H]1O. The Bertz CT molecular complexity index is 92.9. The summed E-state index contributed by atoms with van der Waals surface area (Å²) in [4.78, 5) is 2.12. The van der Waals surface area contributed by atoms with Crippen LogP contribution >= 0.6 is 0 Å².